The lowest BCUT2D eigenvalue weighted by atomic mass is 10.1. The highest BCUT2D eigenvalue weighted by molar-refractivity contribution is 7.98. The molecular formula is C16H24N2OS. The summed E-state index contributed by atoms with van der Waals surface area (Å²) >= 11 is 1.83. The predicted octanol–water partition coefficient (Wildman–Crippen LogP) is 2.96. The lowest BCUT2D eigenvalue weighted by Gasteiger charge is -2.30. The maximum absolute atomic E-state index is 12.4. The summed E-state index contributed by atoms with van der Waals surface area (Å²) in [5, 5.41) is 3.42. The third kappa shape index (κ3) is 3.18. The monoisotopic (exact) mass is 292 g/mol. The van der Waals surface area contributed by atoms with Crippen LogP contribution in [-0.2, 0) is 4.79 Å². The minimum absolute atomic E-state index is 0.00857. The maximum atomic E-state index is 12.4. The molecule has 3 atom stereocenters. The van der Waals surface area contributed by atoms with Crippen LogP contribution < -0.4 is 5.32 Å². The van der Waals surface area contributed by atoms with Crippen LogP contribution in [0.3, 0.4) is 0 Å². The lowest BCUT2D eigenvalue weighted by Crippen LogP contribution is -2.38. The number of rotatable bonds is 5. The van der Waals surface area contributed by atoms with Crippen LogP contribution in [0.2, 0.25) is 0 Å². The fourth-order valence-electron chi connectivity index (χ4n) is 2.74. The van der Waals surface area contributed by atoms with E-state index in [2.05, 4.69) is 49.7 Å². The highest BCUT2D eigenvalue weighted by Gasteiger charge is 2.39. The zero-order chi connectivity index (χ0) is 14.7. The molecule has 3 unspecified atom stereocenters. The molecule has 0 bridgehead atoms. The fourth-order valence-corrected chi connectivity index (χ4v) is 3.31. The van der Waals surface area contributed by atoms with Crippen molar-refractivity contribution in [2.24, 2.45) is 0 Å². The normalized spacial score (nSPS) is 24.2. The second-order valence-corrected chi connectivity index (χ2v) is 6.57. The molecule has 1 aromatic rings. The molecule has 1 aromatic carbocycles. The first-order chi connectivity index (χ1) is 9.54. The summed E-state index contributed by atoms with van der Waals surface area (Å²) in [5.74, 6) is 1.30. The van der Waals surface area contributed by atoms with Gasteiger partial charge in [-0.3, -0.25) is 10.1 Å². The molecule has 1 aliphatic heterocycles. The van der Waals surface area contributed by atoms with Gasteiger partial charge < -0.3 is 4.90 Å². The Morgan fingerprint density at radius 3 is 2.85 bits per heavy atom. The van der Waals surface area contributed by atoms with E-state index in [0.717, 1.165) is 12.2 Å². The Morgan fingerprint density at radius 2 is 2.20 bits per heavy atom. The van der Waals surface area contributed by atoms with Gasteiger partial charge in [-0.05, 0) is 44.8 Å². The van der Waals surface area contributed by atoms with Gasteiger partial charge in [0.2, 0.25) is 5.91 Å². The van der Waals surface area contributed by atoms with E-state index in [4.69, 9.17) is 0 Å². The van der Waals surface area contributed by atoms with Crippen molar-refractivity contribution in [3.63, 3.8) is 0 Å². The zero-order valence-corrected chi connectivity index (χ0v) is 13.5. The van der Waals surface area contributed by atoms with Crippen LogP contribution in [0.25, 0.3) is 0 Å². The highest BCUT2D eigenvalue weighted by atomic mass is 32.2. The van der Waals surface area contributed by atoms with Crippen molar-refractivity contribution < 1.29 is 4.79 Å². The van der Waals surface area contributed by atoms with E-state index in [1.54, 1.807) is 0 Å². The van der Waals surface area contributed by atoms with Crippen molar-refractivity contribution in [3.8, 4) is 0 Å². The van der Waals surface area contributed by atoms with E-state index in [-0.39, 0.29) is 24.2 Å². The average Bonchev–Trinajstić information content (AvgIpc) is 2.72. The smallest absolute Gasteiger partial charge is 0.241 e. The van der Waals surface area contributed by atoms with Crippen molar-refractivity contribution in [1.29, 1.82) is 0 Å². The van der Waals surface area contributed by atoms with Crippen LogP contribution >= 0.6 is 11.8 Å². The molecule has 0 aromatic heterocycles. The SMILES string of the molecule is CSCCC(C)N1C(=O)C(C)NC1c1cccc(C)c1. The molecule has 110 valence electrons. The maximum Gasteiger partial charge on any atom is 0.241 e. The second kappa shape index (κ2) is 6.64. The van der Waals surface area contributed by atoms with Gasteiger partial charge in [0.05, 0.1) is 6.04 Å². The molecule has 4 heteroatoms. The Balaban J connectivity index is 2.23. The van der Waals surface area contributed by atoms with Gasteiger partial charge in [0, 0.05) is 6.04 Å². The standard InChI is InChI=1S/C16H24N2OS/c1-11-6-5-7-14(10-11)15-17-13(3)16(19)18(15)12(2)8-9-20-4/h5-7,10,12-13,15,17H,8-9H2,1-4H3. The molecule has 20 heavy (non-hydrogen) atoms. The molecule has 0 spiro atoms. The van der Waals surface area contributed by atoms with Crippen LogP contribution in [0.1, 0.15) is 37.6 Å². The quantitative estimate of drug-likeness (QED) is 0.905. The Bertz CT molecular complexity index is 477. The fraction of sp³-hybridized carbons (Fsp3) is 0.562. The molecule has 2 rings (SSSR count). The summed E-state index contributed by atoms with van der Waals surface area (Å²) < 4.78 is 0. The minimum atomic E-state index is -0.0998. The molecule has 1 fully saturated rings. The van der Waals surface area contributed by atoms with Crippen LogP contribution in [0.4, 0.5) is 0 Å². The number of nitrogens with one attached hydrogen (secondary N) is 1. The Kier molecular flexibility index (Phi) is 5.11. The van der Waals surface area contributed by atoms with Crippen molar-refractivity contribution in [2.75, 3.05) is 12.0 Å². The van der Waals surface area contributed by atoms with Crippen LogP contribution in [-0.4, -0.2) is 34.9 Å². The Morgan fingerprint density at radius 1 is 1.45 bits per heavy atom. The van der Waals surface area contributed by atoms with Gasteiger partial charge in [-0.25, -0.2) is 0 Å². The van der Waals surface area contributed by atoms with Gasteiger partial charge in [0.25, 0.3) is 0 Å². The molecule has 1 saturated heterocycles. The summed E-state index contributed by atoms with van der Waals surface area (Å²) in [5.41, 5.74) is 2.41. The molecular weight excluding hydrogens is 268 g/mol. The van der Waals surface area contributed by atoms with E-state index in [1.807, 2.05) is 23.6 Å². The molecule has 3 nitrogen and oxygen atoms in total. The predicted molar refractivity (Wildman–Crippen MR) is 85.8 cm³/mol. The molecule has 1 aliphatic rings. The van der Waals surface area contributed by atoms with Gasteiger partial charge in [-0.2, -0.15) is 11.8 Å². The molecule has 1 amide bonds. The largest absolute Gasteiger partial charge is 0.319 e. The van der Waals surface area contributed by atoms with Crippen molar-refractivity contribution in [3.05, 3.63) is 35.4 Å². The number of hydrogen-bond donors (Lipinski definition) is 1. The van der Waals surface area contributed by atoms with Crippen LogP contribution in [0, 0.1) is 6.92 Å². The van der Waals surface area contributed by atoms with Gasteiger partial charge in [-0.15, -0.1) is 0 Å². The summed E-state index contributed by atoms with van der Waals surface area (Å²) in [4.78, 5) is 14.5. The first-order valence-corrected chi connectivity index (χ1v) is 8.57. The molecule has 0 aliphatic carbocycles. The van der Waals surface area contributed by atoms with Crippen molar-refractivity contribution in [1.82, 2.24) is 10.2 Å². The van der Waals surface area contributed by atoms with Crippen molar-refractivity contribution in [2.45, 2.75) is 45.4 Å². The van der Waals surface area contributed by atoms with E-state index in [0.29, 0.717) is 0 Å². The second-order valence-electron chi connectivity index (χ2n) is 5.58. The van der Waals surface area contributed by atoms with E-state index in [1.165, 1.54) is 11.1 Å². The summed E-state index contributed by atoms with van der Waals surface area (Å²) in [6, 6.07) is 8.58. The molecule has 0 saturated carbocycles. The first-order valence-electron chi connectivity index (χ1n) is 7.18. The van der Waals surface area contributed by atoms with Gasteiger partial charge in [-0.1, -0.05) is 29.8 Å². The minimum Gasteiger partial charge on any atom is -0.319 e. The Hall–Kier alpha value is -1.00. The summed E-state index contributed by atoms with van der Waals surface area (Å²) in [7, 11) is 0. The third-order valence-corrected chi connectivity index (χ3v) is 4.53. The number of nitrogens with zero attached hydrogens (tertiary/aromatic N) is 1. The number of hydrogen-bond acceptors (Lipinski definition) is 3. The molecule has 0 radical (unpaired) electrons. The van der Waals surface area contributed by atoms with Crippen molar-refractivity contribution >= 4 is 17.7 Å². The number of carbonyl (C=O) groups is 1. The van der Waals surface area contributed by atoms with Gasteiger partial charge >= 0.3 is 0 Å². The van der Waals surface area contributed by atoms with Gasteiger partial charge in [0.15, 0.2) is 0 Å². The number of thioether (sulfide) groups is 1. The van der Waals surface area contributed by atoms with Crippen LogP contribution in [0.15, 0.2) is 24.3 Å². The first kappa shape index (κ1) is 15.4. The number of aryl methyl sites for hydroxylation is 1. The number of benzene rings is 1. The van der Waals surface area contributed by atoms with Gasteiger partial charge in [0.1, 0.15) is 6.17 Å². The average molecular weight is 292 g/mol. The summed E-state index contributed by atoms with van der Waals surface area (Å²) in [6.45, 7) is 6.19. The summed E-state index contributed by atoms with van der Waals surface area (Å²) in [6.07, 6.45) is 3.15. The topological polar surface area (TPSA) is 32.3 Å². The highest BCUT2D eigenvalue weighted by Crippen LogP contribution is 2.29. The van der Waals surface area contributed by atoms with Crippen LogP contribution in [0.5, 0.6) is 0 Å². The zero-order valence-electron chi connectivity index (χ0n) is 12.7. The number of amides is 1. The van der Waals surface area contributed by atoms with E-state index < -0.39 is 0 Å². The van der Waals surface area contributed by atoms with E-state index >= 15 is 0 Å². The third-order valence-electron chi connectivity index (χ3n) is 3.88. The Labute approximate surface area is 126 Å². The van der Waals surface area contributed by atoms with E-state index in [9.17, 15) is 4.79 Å². The lowest BCUT2D eigenvalue weighted by molar-refractivity contribution is -0.131. The molecule has 1 heterocycles. The number of carbonyl (C=O) groups excluding carboxylic acids is 1. The molecule has 1 N–H and O–H groups in total.